The molecule has 0 atom stereocenters. The first kappa shape index (κ1) is 12.6. The molecule has 0 fully saturated rings. The number of hydrogen-bond donors (Lipinski definition) is 1. The van der Waals surface area contributed by atoms with Crippen molar-refractivity contribution in [1.82, 2.24) is 0 Å². The maximum absolute atomic E-state index is 13.4. The van der Waals surface area contributed by atoms with Crippen molar-refractivity contribution in [2.24, 2.45) is 5.16 Å². The maximum atomic E-state index is 13.4. The highest BCUT2D eigenvalue weighted by Crippen LogP contribution is 2.16. The number of aliphatic carboxylic acids is 1. The molecule has 0 radical (unpaired) electrons. The van der Waals surface area contributed by atoms with Gasteiger partial charge in [0.05, 0.1) is 5.71 Å². The molecule has 0 spiro atoms. The van der Waals surface area contributed by atoms with Crippen LogP contribution < -0.4 is 0 Å². The number of halogens is 2. The van der Waals surface area contributed by atoms with E-state index < -0.39 is 18.4 Å². The third-order valence-corrected chi connectivity index (χ3v) is 2.20. The van der Waals surface area contributed by atoms with Crippen molar-refractivity contribution in [3.63, 3.8) is 0 Å². The Bertz CT molecular complexity index is 434. The summed E-state index contributed by atoms with van der Waals surface area (Å²) in [5.74, 6) is -1.58. The first-order valence-corrected chi connectivity index (χ1v) is 5.14. The predicted octanol–water partition coefficient (Wildman–Crippen LogP) is 2.41. The van der Waals surface area contributed by atoms with E-state index in [1.54, 1.807) is 6.07 Å². The Morgan fingerprint density at radius 1 is 1.62 bits per heavy atom. The first-order valence-electron chi connectivity index (χ1n) is 4.34. The molecule has 1 aromatic rings. The number of nitrogens with zero attached hydrogens (tertiary/aromatic N) is 1. The van der Waals surface area contributed by atoms with Gasteiger partial charge in [-0.15, -0.1) is 0 Å². The molecule has 4 nitrogen and oxygen atoms in total. The molecule has 0 aliphatic carbocycles. The predicted molar refractivity (Wildman–Crippen MR) is 59.9 cm³/mol. The average molecular weight is 290 g/mol. The average Bonchev–Trinajstić information content (AvgIpc) is 2.16. The summed E-state index contributed by atoms with van der Waals surface area (Å²) < 4.78 is 14.0. The summed E-state index contributed by atoms with van der Waals surface area (Å²) in [6.45, 7) is 0.990. The number of carbonyl (C=O) groups is 1. The molecule has 0 aromatic heterocycles. The van der Waals surface area contributed by atoms with Gasteiger partial charge in [0.1, 0.15) is 5.82 Å². The van der Waals surface area contributed by atoms with Gasteiger partial charge in [0, 0.05) is 10.0 Å². The summed E-state index contributed by atoms with van der Waals surface area (Å²) in [5, 5.41) is 11.8. The van der Waals surface area contributed by atoms with Gasteiger partial charge in [-0.05, 0) is 25.1 Å². The van der Waals surface area contributed by atoms with Gasteiger partial charge >= 0.3 is 5.97 Å². The molecule has 0 saturated heterocycles. The first-order chi connectivity index (χ1) is 7.50. The molecular weight excluding hydrogens is 281 g/mol. The third-order valence-electron chi connectivity index (χ3n) is 1.71. The van der Waals surface area contributed by atoms with Gasteiger partial charge in [-0.25, -0.2) is 9.18 Å². The zero-order chi connectivity index (χ0) is 12.1. The Balaban J connectivity index is 2.79. The minimum Gasteiger partial charge on any atom is -0.479 e. The second-order valence-corrected chi connectivity index (χ2v) is 3.88. The zero-order valence-electron chi connectivity index (χ0n) is 8.41. The van der Waals surface area contributed by atoms with Crippen LogP contribution in [0.5, 0.6) is 0 Å². The lowest BCUT2D eigenvalue weighted by Gasteiger charge is -2.02. The highest BCUT2D eigenvalue weighted by Gasteiger charge is 2.06. The normalized spacial score (nSPS) is 11.3. The van der Waals surface area contributed by atoms with Crippen molar-refractivity contribution < 1.29 is 19.1 Å². The molecule has 86 valence electrons. The van der Waals surface area contributed by atoms with Crippen molar-refractivity contribution in [3.8, 4) is 0 Å². The van der Waals surface area contributed by atoms with Crippen LogP contribution >= 0.6 is 15.9 Å². The molecule has 1 N–H and O–H groups in total. The fraction of sp³-hybridized carbons (Fsp3) is 0.200. The van der Waals surface area contributed by atoms with Crippen LogP contribution in [0.1, 0.15) is 12.5 Å². The molecule has 0 aliphatic heterocycles. The SMILES string of the molecule is C/C(=N/OCC(=O)O)c1ccc(Br)cc1F. The molecule has 0 saturated carbocycles. The van der Waals surface area contributed by atoms with Gasteiger partial charge < -0.3 is 9.94 Å². The van der Waals surface area contributed by atoms with E-state index in [-0.39, 0.29) is 11.3 Å². The van der Waals surface area contributed by atoms with E-state index in [1.165, 1.54) is 19.1 Å². The molecule has 6 heteroatoms. The van der Waals surface area contributed by atoms with E-state index in [1.807, 2.05) is 0 Å². The molecule has 1 aromatic carbocycles. The summed E-state index contributed by atoms with van der Waals surface area (Å²) in [6, 6.07) is 4.49. The summed E-state index contributed by atoms with van der Waals surface area (Å²) in [7, 11) is 0. The van der Waals surface area contributed by atoms with E-state index >= 15 is 0 Å². The van der Waals surface area contributed by atoms with Crippen LogP contribution in [0.2, 0.25) is 0 Å². The Kier molecular flexibility index (Phi) is 4.42. The van der Waals surface area contributed by atoms with Crippen LogP contribution in [0.4, 0.5) is 4.39 Å². The standard InChI is InChI=1S/C10H9BrFNO3/c1-6(13-16-5-10(14)15)8-3-2-7(11)4-9(8)12/h2-4H,5H2,1H3,(H,14,15)/b13-6-. The van der Waals surface area contributed by atoms with Gasteiger partial charge in [-0.2, -0.15) is 0 Å². The Morgan fingerprint density at radius 2 is 2.31 bits per heavy atom. The molecular formula is C10H9BrFNO3. The molecule has 0 bridgehead atoms. The Hall–Kier alpha value is -1.43. The Morgan fingerprint density at radius 3 is 2.88 bits per heavy atom. The van der Waals surface area contributed by atoms with Crippen LogP contribution in [0.3, 0.4) is 0 Å². The minimum absolute atomic E-state index is 0.272. The second kappa shape index (κ2) is 5.60. The summed E-state index contributed by atoms with van der Waals surface area (Å²) in [6.07, 6.45) is 0. The molecule has 0 aliphatic rings. The molecule has 0 heterocycles. The van der Waals surface area contributed by atoms with Crippen LogP contribution in [0.25, 0.3) is 0 Å². The van der Waals surface area contributed by atoms with E-state index in [9.17, 15) is 9.18 Å². The van der Waals surface area contributed by atoms with Gasteiger partial charge in [0.25, 0.3) is 0 Å². The van der Waals surface area contributed by atoms with E-state index in [2.05, 4.69) is 25.9 Å². The lowest BCUT2D eigenvalue weighted by Crippen LogP contribution is -2.06. The molecule has 0 unspecified atom stereocenters. The summed E-state index contributed by atoms with van der Waals surface area (Å²) in [5.41, 5.74) is 0.555. The van der Waals surface area contributed by atoms with E-state index in [0.29, 0.717) is 4.47 Å². The van der Waals surface area contributed by atoms with Crippen LogP contribution in [-0.2, 0) is 9.63 Å². The van der Waals surface area contributed by atoms with Crippen molar-refractivity contribution >= 4 is 27.6 Å². The molecule has 1 rings (SSSR count). The number of oxime groups is 1. The van der Waals surface area contributed by atoms with Gasteiger partial charge in [0.15, 0.2) is 0 Å². The summed E-state index contributed by atoms with van der Waals surface area (Å²) >= 11 is 3.13. The van der Waals surface area contributed by atoms with Gasteiger partial charge in [-0.1, -0.05) is 21.1 Å². The smallest absolute Gasteiger partial charge is 0.344 e. The number of rotatable bonds is 4. The van der Waals surface area contributed by atoms with E-state index in [4.69, 9.17) is 5.11 Å². The van der Waals surface area contributed by atoms with Crippen LogP contribution in [0, 0.1) is 5.82 Å². The lowest BCUT2D eigenvalue weighted by atomic mass is 10.1. The quantitative estimate of drug-likeness (QED) is 0.684. The number of hydrogen-bond acceptors (Lipinski definition) is 3. The van der Waals surface area contributed by atoms with Gasteiger partial charge in [-0.3, -0.25) is 0 Å². The van der Waals surface area contributed by atoms with Crippen LogP contribution in [-0.4, -0.2) is 23.4 Å². The summed E-state index contributed by atoms with van der Waals surface area (Å²) in [4.78, 5) is 14.7. The number of carboxylic acids is 1. The second-order valence-electron chi connectivity index (χ2n) is 2.97. The number of carboxylic acid groups (broad SMARTS) is 1. The van der Waals surface area contributed by atoms with Crippen molar-refractivity contribution in [1.29, 1.82) is 0 Å². The fourth-order valence-electron chi connectivity index (χ4n) is 1.02. The maximum Gasteiger partial charge on any atom is 0.344 e. The van der Waals surface area contributed by atoms with Crippen LogP contribution in [0.15, 0.2) is 27.8 Å². The Labute approximate surface area is 99.8 Å². The fourth-order valence-corrected chi connectivity index (χ4v) is 1.35. The molecule has 16 heavy (non-hydrogen) atoms. The van der Waals surface area contributed by atoms with Gasteiger partial charge in [0.2, 0.25) is 6.61 Å². The zero-order valence-corrected chi connectivity index (χ0v) is 9.99. The highest BCUT2D eigenvalue weighted by molar-refractivity contribution is 9.10. The molecule has 0 amide bonds. The third kappa shape index (κ3) is 3.62. The lowest BCUT2D eigenvalue weighted by molar-refractivity contribution is -0.142. The number of benzene rings is 1. The largest absolute Gasteiger partial charge is 0.479 e. The van der Waals surface area contributed by atoms with E-state index in [0.717, 1.165) is 0 Å². The van der Waals surface area contributed by atoms with Crippen molar-refractivity contribution in [2.75, 3.05) is 6.61 Å². The minimum atomic E-state index is -1.13. The van der Waals surface area contributed by atoms with Crippen molar-refractivity contribution in [3.05, 3.63) is 34.1 Å². The monoisotopic (exact) mass is 289 g/mol. The highest BCUT2D eigenvalue weighted by atomic mass is 79.9. The topological polar surface area (TPSA) is 58.9 Å². The van der Waals surface area contributed by atoms with Crippen molar-refractivity contribution in [2.45, 2.75) is 6.92 Å².